The van der Waals surface area contributed by atoms with E-state index in [-0.39, 0.29) is 36.9 Å². The van der Waals surface area contributed by atoms with E-state index in [1.165, 1.54) is 5.56 Å². The first-order valence-corrected chi connectivity index (χ1v) is 10.5. The summed E-state index contributed by atoms with van der Waals surface area (Å²) in [5, 5.41) is 6.60. The number of nitrogens with one attached hydrogen (secondary N) is 2. The Balaban J connectivity index is 0.00000289. The number of fused-ring (bicyclic) bond motifs is 1. The van der Waals surface area contributed by atoms with Crippen molar-refractivity contribution in [2.75, 3.05) is 40.2 Å². The maximum Gasteiger partial charge on any atom is 0.231 e. The van der Waals surface area contributed by atoms with Crippen molar-refractivity contribution in [1.82, 2.24) is 10.6 Å². The van der Waals surface area contributed by atoms with Gasteiger partial charge >= 0.3 is 0 Å². The molecule has 2 aromatic rings. The molecule has 0 bridgehead atoms. The molecule has 4 rings (SSSR count). The molecule has 2 aliphatic rings. The smallest absolute Gasteiger partial charge is 0.231 e. The molecule has 2 aliphatic heterocycles. The van der Waals surface area contributed by atoms with E-state index in [2.05, 4.69) is 40.7 Å². The molecule has 0 aliphatic carbocycles. The van der Waals surface area contributed by atoms with Crippen LogP contribution in [0.25, 0.3) is 0 Å². The number of hydrogen-bond donors (Lipinski definition) is 2. The summed E-state index contributed by atoms with van der Waals surface area (Å²) >= 11 is 0. The zero-order valence-electron chi connectivity index (χ0n) is 18.4. The van der Waals surface area contributed by atoms with Crippen molar-refractivity contribution in [3.8, 4) is 23.0 Å². The van der Waals surface area contributed by atoms with Crippen molar-refractivity contribution < 1.29 is 23.7 Å². The summed E-state index contributed by atoms with van der Waals surface area (Å²) < 4.78 is 28.1. The minimum absolute atomic E-state index is 0. The van der Waals surface area contributed by atoms with Crippen LogP contribution in [-0.4, -0.2) is 52.3 Å². The van der Waals surface area contributed by atoms with Gasteiger partial charge in [-0.1, -0.05) is 12.1 Å². The van der Waals surface area contributed by atoms with E-state index in [0.717, 1.165) is 35.8 Å². The van der Waals surface area contributed by atoms with Gasteiger partial charge < -0.3 is 34.3 Å². The Labute approximate surface area is 205 Å². The monoisotopic (exact) mass is 555 g/mol. The third-order valence-corrected chi connectivity index (χ3v) is 5.08. The second-order valence-electron chi connectivity index (χ2n) is 7.43. The standard InChI is InChI=1S/C23H29N3O5.HI/c1-16-3-4-17(21(11-16)31-19-7-9-27-14-19)13-26-23(24-2)25-8-10-28-18-5-6-20-22(12-18)30-15-29-20;/h3-6,11-12,19H,7-10,13-15H2,1-2H3,(H2,24,25,26);1H. The molecule has 0 spiro atoms. The van der Waals surface area contributed by atoms with Crippen molar-refractivity contribution in [1.29, 1.82) is 0 Å². The lowest BCUT2D eigenvalue weighted by molar-refractivity contribution is 0.140. The summed E-state index contributed by atoms with van der Waals surface area (Å²) in [5.74, 6) is 3.79. The molecule has 2 N–H and O–H groups in total. The minimum atomic E-state index is 0. The molecular formula is C23H30IN3O5. The average Bonchev–Trinajstić information content (AvgIpc) is 3.46. The van der Waals surface area contributed by atoms with E-state index >= 15 is 0 Å². The Morgan fingerprint density at radius 1 is 1.12 bits per heavy atom. The van der Waals surface area contributed by atoms with Crippen LogP contribution in [0.4, 0.5) is 0 Å². The fraction of sp³-hybridized carbons (Fsp3) is 0.435. The quantitative estimate of drug-likeness (QED) is 0.224. The number of aryl methyl sites for hydroxylation is 1. The molecule has 8 nitrogen and oxygen atoms in total. The van der Waals surface area contributed by atoms with E-state index in [0.29, 0.717) is 38.0 Å². The van der Waals surface area contributed by atoms with Crippen molar-refractivity contribution in [2.24, 2.45) is 4.99 Å². The lowest BCUT2D eigenvalue weighted by Crippen LogP contribution is -2.39. The summed E-state index contributed by atoms with van der Waals surface area (Å²) in [7, 11) is 1.75. The van der Waals surface area contributed by atoms with Gasteiger partial charge in [0.1, 0.15) is 24.2 Å². The minimum Gasteiger partial charge on any atom is -0.492 e. The molecule has 0 amide bonds. The van der Waals surface area contributed by atoms with Gasteiger partial charge in [0.15, 0.2) is 17.5 Å². The van der Waals surface area contributed by atoms with Crippen molar-refractivity contribution in [2.45, 2.75) is 26.0 Å². The first kappa shape index (κ1) is 24.2. The SMILES string of the molecule is CN=C(NCCOc1ccc2c(c1)OCO2)NCc1ccc(C)cc1OC1CCOC1.I. The van der Waals surface area contributed by atoms with Crippen LogP contribution in [0.1, 0.15) is 17.5 Å². The predicted octanol–water partition coefficient (Wildman–Crippen LogP) is 3.25. The number of guanidine groups is 1. The third kappa shape index (κ3) is 6.55. The maximum absolute atomic E-state index is 6.17. The van der Waals surface area contributed by atoms with Crippen molar-refractivity contribution in [3.05, 3.63) is 47.5 Å². The molecule has 32 heavy (non-hydrogen) atoms. The fourth-order valence-corrected chi connectivity index (χ4v) is 3.41. The van der Waals surface area contributed by atoms with Crippen LogP contribution in [0.2, 0.25) is 0 Å². The maximum atomic E-state index is 6.17. The van der Waals surface area contributed by atoms with Gasteiger partial charge in [0.2, 0.25) is 6.79 Å². The number of halogens is 1. The summed E-state index contributed by atoms with van der Waals surface area (Å²) in [6, 6.07) is 11.8. The van der Waals surface area contributed by atoms with Crippen LogP contribution >= 0.6 is 24.0 Å². The van der Waals surface area contributed by atoms with Gasteiger partial charge in [0.05, 0.1) is 19.8 Å². The second-order valence-corrected chi connectivity index (χ2v) is 7.43. The predicted molar refractivity (Wildman–Crippen MR) is 133 cm³/mol. The average molecular weight is 555 g/mol. The zero-order chi connectivity index (χ0) is 21.5. The summed E-state index contributed by atoms with van der Waals surface area (Å²) in [6.45, 7) is 5.42. The van der Waals surface area contributed by atoms with Gasteiger partial charge in [0.25, 0.3) is 0 Å². The fourth-order valence-electron chi connectivity index (χ4n) is 3.41. The van der Waals surface area contributed by atoms with E-state index < -0.39 is 0 Å². The number of rotatable bonds is 8. The Morgan fingerprint density at radius 3 is 2.81 bits per heavy atom. The highest BCUT2D eigenvalue weighted by atomic mass is 127. The van der Waals surface area contributed by atoms with Crippen molar-refractivity contribution in [3.63, 3.8) is 0 Å². The van der Waals surface area contributed by atoms with Gasteiger partial charge in [-0.05, 0) is 30.7 Å². The van der Waals surface area contributed by atoms with Crippen LogP contribution in [0.15, 0.2) is 41.4 Å². The lowest BCUT2D eigenvalue weighted by Gasteiger charge is -2.18. The largest absolute Gasteiger partial charge is 0.492 e. The Bertz CT molecular complexity index is 919. The molecule has 0 saturated carbocycles. The topological polar surface area (TPSA) is 82.6 Å². The first-order chi connectivity index (χ1) is 15.2. The molecule has 1 saturated heterocycles. The van der Waals surface area contributed by atoms with Crippen LogP contribution in [-0.2, 0) is 11.3 Å². The van der Waals surface area contributed by atoms with Gasteiger partial charge in [-0.2, -0.15) is 0 Å². The number of nitrogens with zero attached hydrogens (tertiary/aromatic N) is 1. The summed E-state index contributed by atoms with van der Waals surface area (Å²) in [5.41, 5.74) is 2.25. The molecule has 1 atom stereocenters. The van der Waals surface area contributed by atoms with Crippen LogP contribution < -0.4 is 29.6 Å². The highest BCUT2D eigenvalue weighted by Gasteiger charge is 2.19. The molecule has 1 unspecified atom stereocenters. The number of aliphatic imine (C=N–C) groups is 1. The summed E-state index contributed by atoms with van der Waals surface area (Å²) in [4.78, 5) is 4.29. The molecule has 174 valence electrons. The second kappa shape index (κ2) is 12.0. The van der Waals surface area contributed by atoms with Crippen molar-refractivity contribution >= 4 is 29.9 Å². The van der Waals surface area contributed by atoms with E-state index in [1.807, 2.05) is 18.2 Å². The molecule has 0 radical (unpaired) electrons. The normalized spacial score (nSPS) is 16.9. The number of benzene rings is 2. The molecule has 0 aromatic heterocycles. The third-order valence-electron chi connectivity index (χ3n) is 5.08. The molecule has 1 fully saturated rings. The lowest BCUT2D eigenvalue weighted by atomic mass is 10.1. The van der Waals surface area contributed by atoms with Gasteiger partial charge in [-0.3, -0.25) is 4.99 Å². The van der Waals surface area contributed by atoms with Crippen LogP contribution in [0, 0.1) is 6.92 Å². The molecule has 2 heterocycles. The van der Waals surface area contributed by atoms with Crippen LogP contribution in [0.5, 0.6) is 23.0 Å². The highest BCUT2D eigenvalue weighted by molar-refractivity contribution is 14.0. The Kier molecular flexibility index (Phi) is 9.10. The van der Waals surface area contributed by atoms with Gasteiger partial charge in [-0.15, -0.1) is 24.0 Å². The first-order valence-electron chi connectivity index (χ1n) is 10.5. The van der Waals surface area contributed by atoms with Gasteiger partial charge in [-0.25, -0.2) is 0 Å². The molecule has 9 heteroatoms. The van der Waals surface area contributed by atoms with E-state index in [1.54, 1.807) is 7.05 Å². The molecular weight excluding hydrogens is 525 g/mol. The highest BCUT2D eigenvalue weighted by Crippen LogP contribution is 2.35. The van der Waals surface area contributed by atoms with Crippen LogP contribution in [0.3, 0.4) is 0 Å². The van der Waals surface area contributed by atoms with Gasteiger partial charge in [0, 0.05) is 31.6 Å². The zero-order valence-corrected chi connectivity index (χ0v) is 20.7. The number of ether oxygens (including phenoxy) is 5. The van der Waals surface area contributed by atoms with E-state index in [4.69, 9.17) is 23.7 Å². The molecule has 2 aromatic carbocycles. The summed E-state index contributed by atoms with van der Waals surface area (Å²) in [6.07, 6.45) is 1.04. The Hall–Kier alpha value is -2.40. The van der Waals surface area contributed by atoms with E-state index in [9.17, 15) is 0 Å². The number of hydrogen-bond acceptors (Lipinski definition) is 6. The Morgan fingerprint density at radius 2 is 2.00 bits per heavy atom.